The van der Waals surface area contributed by atoms with E-state index in [1.54, 1.807) is 36.4 Å². The van der Waals surface area contributed by atoms with E-state index < -0.39 is 6.04 Å². The third-order valence-electron chi connectivity index (χ3n) is 4.39. The first-order valence-electron chi connectivity index (χ1n) is 8.31. The molecule has 1 unspecified atom stereocenters. The molecule has 1 aliphatic rings. The van der Waals surface area contributed by atoms with E-state index in [4.69, 9.17) is 39.5 Å². The lowest BCUT2D eigenvalue weighted by atomic mass is 10.1. The Bertz CT molecular complexity index is 888. The number of rotatable bonds is 4. The van der Waals surface area contributed by atoms with Gasteiger partial charge in [0, 0.05) is 16.6 Å². The van der Waals surface area contributed by atoms with Gasteiger partial charge in [0.25, 0.3) is 5.91 Å². The summed E-state index contributed by atoms with van der Waals surface area (Å²) in [6.07, 6.45) is 1.27. The Morgan fingerprint density at radius 2 is 1.81 bits per heavy atom. The number of likely N-dealkylation sites (tertiary alicyclic amines) is 1. The first-order valence-corrected chi connectivity index (χ1v) is 9.44. The van der Waals surface area contributed by atoms with E-state index in [0.29, 0.717) is 45.0 Å². The number of hydrogen-bond donors (Lipinski definition) is 1. The van der Waals surface area contributed by atoms with Crippen molar-refractivity contribution in [3.8, 4) is 5.75 Å². The largest absolute Gasteiger partial charge is 0.496 e. The molecule has 0 aliphatic carbocycles. The van der Waals surface area contributed by atoms with Crippen molar-refractivity contribution < 1.29 is 14.3 Å². The van der Waals surface area contributed by atoms with Crippen LogP contribution in [0.2, 0.25) is 15.1 Å². The first kappa shape index (κ1) is 19.8. The number of amides is 2. The molecule has 1 N–H and O–H groups in total. The number of halogens is 3. The summed E-state index contributed by atoms with van der Waals surface area (Å²) >= 11 is 18.1. The van der Waals surface area contributed by atoms with Crippen LogP contribution in [0.5, 0.6) is 5.75 Å². The normalized spacial score (nSPS) is 16.3. The molecular weight excluding hydrogens is 411 g/mol. The number of methoxy groups -OCH3 is 1. The Balaban J connectivity index is 1.82. The third kappa shape index (κ3) is 4.32. The number of carbonyl (C=O) groups excluding carboxylic acids is 2. The van der Waals surface area contributed by atoms with Crippen molar-refractivity contribution in [3.05, 3.63) is 57.0 Å². The van der Waals surface area contributed by atoms with Crippen LogP contribution in [0.15, 0.2) is 36.4 Å². The zero-order valence-electron chi connectivity index (χ0n) is 14.5. The molecule has 2 aromatic carbocycles. The molecule has 0 radical (unpaired) electrons. The average Bonchev–Trinajstić information content (AvgIpc) is 3.14. The van der Waals surface area contributed by atoms with E-state index >= 15 is 0 Å². The second-order valence-corrected chi connectivity index (χ2v) is 7.39. The number of nitrogens with zero attached hydrogens (tertiary/aromatic N) is 1. The molecule has 2 aromatic rings. The summed E-state index contributed by atoms with van der Waals surface area (Å²) in [5.74, 6) is -0.205. The maximum absolute atomic E-state index is 13.0. The van der Waals surface area contributed by atoms with Gasteiger partial charge in [-0.05, 0) is 49.2 Å². The Morgan fingerprint density at radius 3 is 2.56 bits per heavy atom. The molecule has 3 rings (SSSR count). The van der Waals surface area contributed by atoms with Crippen molar-refractivity contribution in [3.63, 3.8) is 0 Å². The van der Waals surface area contributed by atoms with Gasteiger partial charge in [-0.15, -0.1) is 0 Å². The highest BCUT2D eigenvalue weighted by atomic mass is 35.5. The van der Waals surface area contributed by atoms with Crippen molar-refractivity contribution in [1.82, 2.24) is 4.90 Å². The van der Waals surface area contributed by atoms with Crippen LogP contribution < -0.4 is 10.1 Å². The van der Waals surface area contributed by atoms with Gasteiger partial charge in [0.15, 0.2) is 0 Å². The van der Waals surface area contributed by atoms with E-state index in [9.17, 15) is 9.59 Å². The predicted octanol–water partition coefficient (Wildman–Crippen LogP) is 4.90. The summed E-state index contributed by atoms with van der Waals surface area (Å²) in [6, 6.07) is 9.02. The Hall–Kier alpha value is -1.95. The highest BCUT2D eigenvalue weighted by Gasteiger charge is 2.35. The van der Waals surface area contributed by atoms with Gasteiger partial charge in [-0.2, -0.15) is 0 Å². The molecule has 0 aromatic heterocycles. The fraction of sp³-hybridized carbons (Fsp3) is 0.263. The van der Waals surface area contributed by atoms with Crippen LogP contribution in [0.3, 0.4) is 0 Å². The van der Waals surface area contributed by atoms with Gasteiger partial charge in [0.2, 0.25) is 5.91 Å². The predicted molar refractivity (Wildman–Crippen MR) is 107 cm³/mol. The average molecular weight is 428 g/mol. The minimum Gasteiger partial charge on any atom is -0.496 e. The molecule has 1 saturated heterocycles. The minimum absolute atomic E-state index is 0.302. The quantitative estimate of drug-likeness (QED) is 0.755. The van der Waals surface area contributed by atoms with Gasteiger partial charge in [-0.3, -0.25) is 9.59 Å². The first-order chi connectivity index (χ1) is 12.9. The monoisotopic (exact) mass is 426 g/mol. The number of benzene rings is 2. The zero-order chi connectivity index (χ0) is 19.6. The molecule has 27 heavy (non-hydrogen) atoms. The number of hydrogen-bond acceptors (Lipinski definition) is 3. The Kier molecular flexibility index (Phi) is 6.15. The Labute approximate surface area is 172 Å². The molecule has 8 heteroatoms. The standard InChI is InChI=1S/C19H17Cl3N2O3/c1-27-17-7-5-11(20)9-13(17)19(26)24-8-2-3-16(24)18(25)23-15-10-12(21)4-6-14(15)22/h4-7,9-10,16H,2-3,8H2,1H3,(H,23,25). The number of nitrogens with one attached hydrogen (secondary N) is 1. The molecule has 1 heterocycles. The van der Waals surface area contributed by atoms with E-state index in [1.165, 1.54) is 12.0 Å². The van der Waals surface area contributed by atoms with Crippen molar-refractivity contribution in [1.29, 1.82) is 0 Å². The molecule has 0 bridgehead atoms. The second-order valence-electron chi connectivity index (χ2n) is 6.11. The van der Waals surface area contributed by atoms with Crippen LogP contribution in [-0.4, -0.2) is 36.4 Å². The molecule has 142 valence electrons. The van der Waals surface area contributed by atoms with Gasteiger partial charge < -0.3 is 15.0 Å². The third-order valence-corrected chi connectivity index (χ3v) is 5.19. The van der Waals surface area contributed by atoms with Crippen molar-refractivity contribution in [2.24, 2.45) is 0 Å². The topological polar surface area (TPSA) is 58.6 Å². The lowest BCUT2D eigenvalue weighted by Gasteiger charge is -2.25. The second kappa shape index (κ2) is 8.38. The zero-order valence-corrected chi connectivity index (χ0v) is 16.7. The lowest BCUT2D eigenvalue weighted by Crippen LogP contribution is -2.43. The fourth-order valence-electron chi connectivity index (χ4n) is 3.09. The summed E-state index contributed by atoms with van der Waals surface area (Å²) in [5, 5.41) is 4.02. The summed E-state index contributed by atoms with van der Waals surface area (Å²) in [6.45, 7) is 0.468. The molecule has 2 amide bonds. The van der Waals surface area contributed by atoms with Gasteiger partial charge >= 0.3 is 0 Å². The molecular formula is C19H17Cl3N2O3. The maximum Gasteiger partial charge on any atom is 0.258 e. The lowest BCUT2D eigenvalue weighted by molar-refractivity contribution is -0.119. The summed E-state index contributed by atoms with van der Waals surface area (Å²) in [4.78, 5) is 27.3. The van der Waals surface area contributed by atoms with E-state index in [2.05, 4.69) is 5.32 Å². The summed E-state index contributed by atoms with van der Waals surface area (Å²) < 4.78 is 5.26. The molecule has 1 fully saturated rings. The van der Waals surface area contributed by atoms with Crippen molar-refractivity contribution in [2.45, 2.75) is 18.9 Å². The minimum atomic E-state index is -0.615. The van der Waals surface area contributed by atoms with Crippen LogP contribution in [-0.2, 0) is 4.79 Å². The highest BCUT2D eigenvalue weighted by Crippen LogP contribution is 2.30. The molecule has 0 saturated carbocycles. The number of anilines is 1. The summed E-state index contributed by atoms with van der Waals surface area (Å²) in [7, 11) is 1.48. The molecule has 5 nitrogen and oxygen atoms in total. The van der Waals surface area contributed by atoms with Gasteiger partial charge in [0.05, 0.1) is 23.4 Å². The summed E-state index contributed by atoms with van der Waals surface area (Å²) in [5.41, 5.74) is 0.735. The molecule has 1 aliphatic heterocycles. The van der Waals surface area contributed by atoms with Crippen molar-refractivity contribution in [2.75, 3.05) is 19.0 Å². The van der Waals surface area contributed by atoms with Crippen molar-refractivity contribution >= 4 is 52.3 Å². The van der Waals surface area contributed by atoms with Gasteiger partial charge in [-0.1, -0.05) is 34.8 Å². The Morgan fingerprint density at radius 1 is 1.11 bits per heavy atom. The molecule has 1 atom stereocenters. The highest BCUT2D eigenvalue weighted by molar-refractivity contribution is 6.35. The van der Waals surface area contributed by atoms with Gasteiger partial charge in [0.1, 0.15) is 11.8 Å². The fourth-order valence-corrected chi connectivity index (χ4v) is 3.60. The number of carbonyl (C=O) groups is 2. The van der Waals surface area contributed by atoms with Crippen LogP contribution in [0.1, 0.15) is 23.2 Å². The SMILES string of the molecule is COc1ccc(Cl)cc1C(=O)N1CCCC1C(=O)Nc1cc(Cl)ccc1Cl. The van der Waals surface area contributed by atoms with E-state index in [0.717, 1.165) is 6.42 Å². The van der Waals surface area contributed by atoms with E-state index in [-0.39, 0.29) is 11.8 Å². The van der Waals surface area contributed by atoms with Crippen LogP contribution >= 0.6 is 34.8 Å². The van der Waals surface area contributed by atoms with Crippen LogP contribution in [0.25, 0.3) is 0 Å². The maximum atomic E-state index is 13.0. The van der Waals surface area contributed by atoms with E-state index in [1.807, 2.05) is 0 Å². The molecule has 0 spiro atoms. The van der Waals surface area contributed by atoms with Crippen LogP contribution in [0, 0.1) is 0 Å². The smallest absolute Gasteiger partial charge is 0.258 e. The van der Waals surface area contributed by atoms with Gasteiger partial charge in [-0.25, -0.2) is 0 Å². The van der Waals surface area contributed by atoms with Crippen LogP contribution in [0.4, 0.5) is 5.69 Å². The number of ether oxygens (including phenoxy) is 1.